The van der Waals surface area contributed by atoms with Crippen LogP contribution in [0.15, 0.2) is 18.2 Å². The summed E-state index contributed by atoms with van der Waals surface area (Å²) in [7, 11) is 0. The smallest absolute Gasteiger partial charge is 0.224 e. The molecule has 2 heterocycles. The van der Waals surface area contributed by atoms with E-state index >= 15 is 0 Å². The molecule has 1 atom stereocenters. The van der Waals surface area contributed by atoms with E-state index in [1.165, 1.54) is 64.2 Å². The second-order valence-corrected chi connectivity index (χ2v) is 9.66. The molecule has 0 radical (unpaired) electrons. The number of carbonyl (C=O) groups excluding carboxylic acids is 1. The number of amides is 1. The Morgan fingerprint density at radius 2 is 1.72 bits per heavy atom. The Labute approximate surface area is 176 Å². The summed E-state index contributed by atoms with van der Waals surface area (Å²) in [5.41, 5.74) is 3.04. The maximum Gasteiger partial charge on any atom is 0.224 e. The van der Waals surface area contributed by atoms with Gasteiger partial charge in [-0.3, -0.25) is 4.79 Å². The molecule has 2 N–H and O–H groups in total. The molecule has 1 saturated heterocycles. The molecule has 160 valence electrons. The molecule has 2 aliphatic heterocycles. The van der Waals surface area contributed by atoms with Gasteiger partial charge in [0.2, 0.25) is 5.91 Å². The Hall–Kier alpha value is -1.39. The van der Waals surface area contributed by atoms with Crippen LogP contribution in [0, 0.1) is 11.8 Å². The van der Waals surface area contributed by atoms with Crippen LogP contribution in [0.5, 0.6) is 0 Å². The van der Waals surface area contributed by atoms with E-state index in [4.69, 9.17) is 0 Å². The lowest BCUT2D eigenvalue weighted by Crippen LogP contribution is -2.36. The third-order valence-electron chi connectivity index (χ3n) is 7.50. The molecule has 2 fully saturated rings. The topological polar surface area (TPSA) is 52.6 Å². The molecule has 1 saturated carbocycles. The van der Waals surface area contributed by atoms with Gasteiger partial charge in [0.05, 0.1) is 6.10 Å². The normalized spacial score (nSPS) is 22.9. The molecule has 29 heavy (non-hydrogen) atoms. The number of piperidine rings is 1. The number of likely N-dealkylation sites (tertiary alicyclic amines) is 1. The minimum atomic E-state index is -0.444. The Balaban J connectivity index is 1.18. The first-order valence-corrected chi connectivity index (χ1v) is 12.0. The SMILES string of the molecule is O=C1CCc2cc(C(O)CN3CCC(CCCC4CCCCC4)CC3)ccc2N1. The van der Waals surface area contributed by atoms with Crippen LogP contribution in [-0.2, 0) is 11.2 Å². The summed E-state index contributed by atoms with van der Waals surface area (Å²) in [6.07, 6.45) is 15.1. The van der Waals surface area contributed by atoms with E-state index in [0.29, 0.717) is 6.42 Å². The van der Waals surface area contributed by atoms with E-state index in [1.807, 2.05) is 12.1 Å². The van der Waals surface area contributed by atoms with Crippen molar-refractivity contribution in [2.24, 2.45) is 11.8 Å². The standard InChI is InChI=1S/C25H38N2O2/c28-24(22-9-11-23-21(17-22)10-12-25(29)26-23)18-27-15-13-20(14-16-27)8-4-7-19-5-2-1-3-6-19/h9,11,17,19-20,24,28H,1-8,10,12-16,18H2,(H,26,29). The molecule has 1 amide bonds. The van der Waals surface area contributed by atoms with Gasteiger partial charge in [-0.2, -0.15) is 0 Å². The fourth-order valence-corrected chi connectivity index (χ4v) is 5.59. The van der Waals surface area contributed by atoms with E-state index in [9.17, 15) is 9.90 Å². The Morgan fingerprint density at radius 3 is 2.48 bits per heavy atom. The van der Waals surface area contributed by atoms with Gasteiger partial charge in [-0.25, -0.2) is 0 Å². The molecule has 0 bridgehead atoms. The van der Waals surface area contributed by atoms with Crippen molar-refractivity contribution in [2.45, 2.75) is 83.2 Å². The predicted octanol–water partition coefficient (Wildman–Crippen LogP) is 5.07. The molecule has 3 aliphatic rings. The van der Waals surface area contributed by atoms with Crippen molar-refractivity contribution in [2.75, 3.05) is 25.0 Å². The van der Waals surface area contributed by atoms with Crippen molar-refractivity contribution >= 4 is 11.6 Å². The molecule has 0 spiro atoms. The number of β-amino-alcohol motifs (C(OH)–C–C–N with tert-alkyl or cyclic N) is 1. The average molecular weight is 399 g/mol. The van der Waals surface area contributed by atoms with Gasteiger partial charge in [-0.05, 0) is 61.4 Å². The molecule has 4 rings (SSSR count). The molecule has 1 aromatic carbocycles. The van der Waals surface area contributed by atoms with E-state index in [2.05, 4.69) is 16.3 Å². The maximum atomic E-state index is 11.5. The summed E-state index contributed by atoms with van der Waals surface area (Å²) >= 11 is 0. The van der Waals surface area contributed by atoms with Gasteiger partial charge in [-0.15, -0.1) is 0 Å². The van der Waals surface area contributed by atoms with Gasteiger partial charge < -0.3 is 15.3 Å². The maximum absolute atomic E-state index is 11.5. The van der Waals surface area contributed by atoms with Gasteiger partial charge in [0, 0.05) is 18.7 Å². The third-order valence-corrected chi connectivity index (χ3v) is 7.50. The molecule has 1 aliphatic carbocycles. The van der Waals surface area contributed by atoms with Crippen LogP contribution in [-0.4, -0.2) is 35.5 Å². The summed E-state index contributed by atoms with van der Waals surface area (Å²) in [5, 5.41) is 13.7. The summed E-state index contributed by atoms with van der Waals surface area (Å²) in [5.74, 6) is 2.00. The van der Waals surface area contributed by atoms with Gasteiger partial charge >= 0.3 is 0 Å². The zero-order valence-corrected chi connectivity index (χ0v) is 17.9. The third kappa shape index (κ3) is 5.82. The quantitative estimate of drug-likeness (QED) is 0.674. The summed E-state index contributed by atoms with van der Waals surface area (Å²) in [4.78, 5) is 13.9. The van der Waals surface area contributed by atoms with Crippen molar-refractivity contribution < 1.29 is 9.90 Å². The van der Waals surface area contributed by atoms with Crippen molar-refractivity contribution in [3.63, 3.8) is 0 Å². The number of hydrogen-bond acceptors (Lipinski definition) is 3. The lowest BCUT2D eigenvalue weighted by molar-refractivity contribution is -0.116. The lowest BCUT2D eigenvalue weighted by Gasteiger charge is -2.33. The van der Waals surface area contributed by atoms with E-state index in [1.54, 1.807) is 0 Å². The Bertz CT molecular complexity index is 675. The number of hydrogen-bond donors (Lipinski definition) is 2. The Kier molecular flexibility index (Phi) is 7.25. The molecule has 4 heteroatoms. The second kappa shape index (κ2) is 10.1. The molecule has 1 aromatic rings. The van der Waals surface area contributed by atoms with Crippen molar-refractivity contribution in [1.29, 1.82) is 0 Å². The average Bonchev–Trinajstić information content (AvgIpc) is 2.75. The van der Waals surface area contributed by atoms with Gasteiger partial charge in [-0.1, -0.05) is 63.5 Å². The van der Waals surface area contributed by atoms with Crippen LogP contribution in [0.4, 0.5) is 5.69 Å². The first kappa shape index (κ1) is 20.9. The van der Waals surface area contributed by atoms with Crippen LogP contribution in [0.1, 0.15) is 87.9 Å². The van der Waals surface area contributed by atoms with Crippen LogP contribution in [0.3, 0.4) is 0 Å². The molecule has 1 unspecified atom stereocenters. The van der Waals surface area contributed by atoms with Crippen LogP contribution < -0.4 is 5.32 Å². The van der Waals surface area contributed by atoms with Crippen molar-refractivity contribution in [1.82, 2.24) is 4.90 Å². The summed E-state index contributed by atoms with van der Waals surface area (Å²) in [6.45, 7) is 2.96. The number of benzene rings is 1. The van der Waals surface area contributed by atoms with Crippen LogP contribution in [0.25, 0.3) is 0 Å². The van der Waals surface area contributed by atoms with E-state index in [0.717, 1.165) is 54.7 Å². The minimum Gasteiger partial charge on any atom is -0.387 e. The van der Waals surface area contributed by atoms with E-state index < -0.39 is 6.10 Å². The highest BCUT2D eigenvalue weighted by atomic mass is 16.3. The lowest BCUT2D eigenvalue weighted by atomic mass is 9.83. The number of fused-ring (bicyclic) bond motifs is 1. The van der Waals surface area contributed by atoms with Gasteiger partial charge in [0.1, 0.15) is 0 Å². The number of aliphatic hydroxyl groups excluding tert-OH is 1. The largest absolute Gasteiger partial charge is 0.387 e. The first-order chi connectivity index (χ1) is 14.2. The number of carbonyl (C=O) groups is 1. The number of nitrogens with one attached hydrogen (secondary N) is 1. The number of nitrogens with zero attached hydrogens (tertiary/aromatic N) is 1. The van der Waals surface area contributed by atoms with Crippen LogP contribution >= 0.6 is 0 Å². The highest BCUT2D eigenvalue weighted by molar-refractivity contribution is 5.93. The molecule has 0 aromatic heterocycles. The highest BCUT2D eigenvalue weighted by Gasteiger charge is 2.23. The summed E-state index contributed by atoms with van der Waals surface area (Å²) < 4.78 is 0. The van der Waals surface area contributed by atoms with Crippen molar-refractivity contribution in [3.05, 3.63) is 29.3 Å². The number of anilines is 1. The minimum absolute atomic E-state index is 0.0902. The second-order valence-electron chi connectivity index (χ2n) is 9.66. The monoisotopic (exact) mass is 398 g/mol. The zero-order chi connectivity index (χ0) is 20.1. The number of rotatable bonds is 7. The number of aryl methyl sites for hydroxylation is 1. The first-order valence-electron chi connectivity index (χ1n) is 12.0. The fraction of sp³-hybridized carbons (Fsp3) is 0.720. The van der Waals surface area contributed by atoms with Gasteiger partial charge in [0.25, 0.3) is 0 Å². The Morgan fingerprint density at radius 1 is 1.00 bits per heavy atom. The predicted molar refractivity (Wildman–Crippen MR) is 118 cm³/mol. The van der Waals surface area contributed by atoms with E-state index in [-0.39, 0.29) is 5.91 Å². The molecule has 4 nitrogen and oxygen atoms in total. The number of aliphatic hydroxyl groups is 1. The molecular weight excluding hydrogens is 360 g/mol. The van der Waals surface area contributed by atoms with Crippen molar-refractivity contribution in [3.8, 4) is 0 Å². The highest BCUT2D eigenvalue weighted by Crippen LogP contribution is 2.31. The van der Waals surface area contributed by atoms with Crippen LogP contribution in [0.2, 0.25) is 0 Å². The van der Waals surface area contributed by atoms with Gasteiger partial charge in [0.15, 0.2) is 0 Å². The zero-order valence-electron chi connectivity index (χ0n) is 17.9. The molecular formula is C25H38N2O2. The summed E-state index contributed by atoms with van der Waals surface area (Å²) in [6, 6.07) is 5.99. The fourth-order valence-electron chi connectivity index (χ4n) is 5.59.